The van der Waals surface area contributed by atoms with E-state index in [0.717, 1.165) is 36.0 Å². The summed E-state index contributed by atoms with van der Waals surface area (Å²) in [5.74, 6) is 0.475. The maximum Gasteiger partial charge on any atom is 0.214 e. The molecule has 112 valence electrons. The van der Waals surface area contributed by atoms with Gasteiger partial charge in [0.05, 0.1) is 5.75 Å². The Kier molecular flexibility index (Phi) is 5.60. The summed E-state index contributed by atoms with van der Waals surface area (Å²) in [5, 5.41) is 3.26. The molecule has 1 N–H and O–H groups in total. The van der Waals surface area contributed by atoms with Crippen molar-refractivity contribution in [3.8, 4) is 0 Å². The summed E-state index contributed by atoms with van der Waals surface area (Å²) in [7, 11) is -1.53. The lowest BCUT2D eigenvalue weighted by molar-refractivity contribution is 0.391. The van der Waals surface area contributed by atoms with Gasteiger partial charge in [-0.1, -0.05) is 28.1 Å². The number of nitrogens with one attached hydrogen (secondary N) is 1. The number of halogens is 1. The molecule has 0 spiro atoms. The van der Waals surface area contributed by atoms with E-state index in [9.17, 15) is 8.42 Å². The van der Waals surface area contributed by atoms with Gasteiger partial charge in [-0.2, -0.15) is 0 Å². The lowest BCUT2D eigenvalue weighted by atomic mass is 10.0. The van der Waals surface area contributed by atoms with Crippen molar-refractivity contribution in [2.45, 2.75) is 19.4 Å². The molecule has 1 atom stereocenters. The SMILES string of the molecule is CN(Cc1cccc(Br)c1)S(=O)(=O)CC1CCCNC1. The highest BCUT2D eigenvalue weighted by molar-refractivity contribution is 9.10. The maximum atomic E-state index is 12.4. The molecule has 4 nitrogen and oxygen atoms in total. The van der Waals surface area contributed by atoms with Crippen molar-refractivity contribution in [2.75, 3.05) is 25.9 Å². The van der Waals surface area contributed by atoms with Gasteiger partial charge in [-0.05, 0) is 49.5 Å². The quantitative estimate of drug-likeness (QED) is 0.875. The monoisotopic (exact) mass is 360 g/mol. The Morgan fingerprint density at radius 2 is 2.25 bits per heavy atom. The van der Waals surface area contributed by atoms with Gasteiger partial charge >= 0.3 is 0 Å². The van der Waals surface area contributed by atoms with Crippen molar-refractivity contribution in [2.24, 2.45) is 5.92 Å². The highest BCUT2D eigenvalue weighted by Crippen LogP contribution is 2.17. The standard InChI is InChI=1S/C14H21BrN2O2S/c1-17(10-12-4-2-6-14(15)8-12)20(18,19)11-13-5-3-7-16-9-13/h2,4,6,8,13,16H,3,5,7,9-11H2,1H3. The average molecular weight is 361 g/mol. The zero-order valence-electron chi connectivity index (χ0n) is 11.7. The summed E-state index contributed by atoms with van der Waals surface area (Å²) in [6.07, 6.45) is 2.06. The Morgan fingerprint density at radius 3 is 2.90 bits per heavy atom. The van der Waals surface area contributed by atoms with Gasteiger partial charge < -0.3 is 5.32 Å². The molecule has 1 saturated heterocycles. The summed E-state index contributed by atoms with van der Waals surface area (Å²) in [4.78, 5) is 0. The van der Waals surface area contributed by atoms with E-state index in [2.05, 4.69) is 21.2 Å². The Bertz CT molecular complexity index is 542. The average Bonchev–Trinajstić information content (AvgIpc) is 2.39. The highest BCUT2D eigenvalue weighted by atomic mass is 79.9. The maximum absolute atomic E-state index is 12.4. The second-order valence-electron chi connectivity index (χ2n) is 5.38. The lowest BCUT2D eigenvalue weighted by Gasteiger charge is -2.25. The normalized spacial score (nSPS) is 20.2. The third-order valence-electron chi connectivity index (χ3n) is 3.61. The minimum atomic E-state index is -3.19. The molecule has 0 amide bonds. The van der Waals surface area contributed by atoms with Crippen LogP contribution in [-0.4, -0.2) is 38.6 Å². The summed E-state index contributed by atoms with van der Waals surface area (Å²) in [6, 6.07) is 7.75. The molecule has 0 aliphatic carbocycles. The van der Waals surface area contributed by atoms with Crippen molar-refractivity contribution in [3.05, 3.63) is 34.3 Å². The van der Waals surface area contributed by atoms with Gasteiger partial charge in [0.15, 0.2) is 0 Å². The number of benzene rings is 1. The molecule has 0 saturated carbocycles. The Balaban J connectivity index is 1.97. The zero-order valence-corrected chi connectivity index (χ0v) is 14.1. The molecule has 0 aromatic heterocycles. The molecule has 20 heavy (non-hydrogen) atoms. The van der Waals surface area contributed by atoms with Crippen LogP contribution in [0.5, 0.6) is 0 Å². The first-order valence-corrected chi connectivity index (χ1v) is 9.27. The number of nitrogens with zero attached hydrogens (tertiary/aromatic N) is 1. The first-order chi connectivity index (χ1) is 9.47. The van der Waals surface area contributed by atoms with Crippen molar-refractivity contribution < 1.29 is 8.42 Å². The van der Waals surface area contributed by atoms with Gasteiger partial charge in [0.1, 0.15) is 0 Å². The van der Waals surface area contributed by atoms with Crippen molar-refractivity contribution >= 4 is 26.0 Å². The van der Waals surface area contributed by atoms with Crippen LogP contribution in [0.2, 0.25) is 0 Å². The zero-order chi connectivity index (χ0) is 14.6. The van der Waals surface area contributed by atoms with Crippen molar-refractivity contribution in [3.63, 3.8) is 0 Å². The first kappa shape index (κ1) is 15.9. The molecule has 1 heterocycles. The van der Waals surface area contributed by atoms with Crippen LogP contribution >= 0.6 is 15.9 Å². The Morgan fingerprint density at radius 1 is 1.45 bits per heavy atom. The van der Waals surface area contributed by atoms with E-state index < -0.39 is 10.0 Å². The molecule has 1 unspecified atom stereocenters. The number of rotatable bonds is 5. The van der Waals surface area contributed by atoms with E-state index >= 15 is 0 Å². The summed E-state index contributed by atoms with van der Waals surface area (Å²) in [6.45, 7) is 2.23. The van der Waals surface area contributed by atoms with Crippen LogP contribution in [0, 0.1) is 5.92 Å². The van der Waals surface area contributed by atoms with E-state index in [1.54, 1.807) is 7.05 Å². The fourth-order valence-electron chi connectivity index (χ4n) is 2.48. The molecule has 1 aromatic carbocycles. The minimum absolute atomic E-state index is 0.235. The molecule has 1 aliphatic rings. The molecule has 1 fully saturated rings. The minimum Gasteiger partial charge on any atom is -0.316 e. The Labute approximate surface area is 129 Å². The largest absolute Gasteiger partial charge is 0.316 e. The van der Waals surface area contributed by atoms with Crippen LogP contribution in [0.15, 0.2) is 28.7 Å². The van der Waals surface area contributed by atoms with E-state index in [-0.39, 0.29) is 11.7 Å². The van der Waals surface area contributed by atoms with Gasteiger partial charge in [0.2, 0.25) is 10.0 Å². The second-order valence-corrected chi connectivity index (χ2v) is 8.41. The molecule has 1 aromatic rings. The fraction of sp³-hybridized carbons (Fsp3) is 0.571. The van der Waals surface area contributed by atoms with Crippen LogP contribution in [0.25, 0.3) is 0 Å². The molecule has 0 radical (unpaired) electrons. The van der Waals surface area contributed by atoms with E-state index in [1.807, 2.05) is 24.3 Å². The van der Waals surface area contributed by atoms with E-state index in [0.29, 0.717) is 6.54 Å². The molecule has 0 bridgehead atoms. The number of piperidine rings is 1. The summed E-state index contributed by atoms with van der Waals surface area (Å²) < 4.78 is 27.2. The van der Waals surface area contributed by atoms with Gasteiger partial charge in [-0.3, -0.25) is 0 Å². The number of sulfonamides is 1. The van der Waals surface area contributed by atoms with Crippen LogP contribution in [0.1, 0.15) is 18.4 Å². The molecule has 1 aliphatic heterocycles. The smallest absolute Gasteiger partial charge is 0.214 e. The molecule has 2 rings (SSSR count). The third-order valence-corrected chi connectivity index (χ3v) is 6.08. The molecule has 6 heteroatoms. The van der Waals surface area contributed by atoms with Crippen LogP contribution in [0.3, 0.4) is 0 Å². The van der Waals surface area contributed by atoms with Crippen LogP contribution < -0.4 is 5.32 Å². The topological polar surface area (TPSA) is 49.4 Å². The van der Waals surface area contributed by atoms with Gasteiger partial charge in [-0.15, -0.1) is 0 Å². The summed E-state index contributed by atoms with van der Waals surface area (Å²) >= 11 is 3.41. The fourth-order valence-corrected chi connectivity index (χ4v) is 4.41. The van der Waals surface area contributed by atoms with Crippen LogP contribution in [0.4, 0.5) is 0 Å². The Hall–Kier alpha value is -0.430. The first-order valence-electron chi connectivity index (χ1n) is 6.86. The van der Waals surface area contributed by atoms with Crippen LogP contribution in [-0.2, 0) is 16.6 Å². The lowest BCUT2D eigenvalue weighted by Crippen LogP contribution is -2.38. The van der Waals surface area contributed by atoms with Gasteiger partial charge in [0, 0.05) is 18.1 Å². The third kappa shape index (κ3) is 4.55. The number of hydrogen-bond acceptors (Lipinski definition) is 3. The molecular formula is C14H21BrN2O2S. The van der Waals surface area contributed by atoms with Crippen molar-refractivity contribution in [1.29, 1.82) is 0 Å². The van der Waals surface area contributed by atoms with Crippen molar-refractivity contribution in [1.82, 2.24) is 9.62 Å². The summed E-state index contributed by atoms with van der Waals surface area (Å²) in [5.41, 5.74) is 0.993. The van der Waals surface area contributed by atoms with E-state index in [4.69, 9.17) is 0 Å². The number of hydrogen-bond donors (Lipinski definition) is 1. The molecular weight excluding hydrogens is 340 g/mol. The van der Waals surface area contributed by atoms with Gasteiger partial charge in [-0.25, -0.2) is 12.7 Å². The highest BCUT2D eigenvalue weighted by Gasteiger charge is 2.24. The predicted molar refractivity (Wildman–Crippen MR) is 85.0 cm³/mol. The van der Waals surface area contributed by atoms with E-state index in [1.165, 1.54) is 4.31 Å². The second kappa shape index (κ2) is 7.02. The predicted octanol–water partition coefficient (Wildman–Crippen LogP) is 2.21. The van der Waals surface area contributed by atoms with Gasteiger partial charge in [0.25, 0.3) is 0 Å².